The summed E-state index contributed by atoms with van der Waals surface area (Å²) in [6, 6.07) is 7.79. The molecular formula is C15H19ClN2O2. The van der Waals surface area contributed by atoms with Gasteiger partial charge in [0.15, 0.2) is 5.76 Å². The van der Waals surface area contributed by atoms with Gasteiger partial charge in [-0.15, -0.1) is 12.4 Å². The molecule has 0 atom stereocenters. The Bertz CT molecular complexity index is 615. The molecule has 0 unspecified atom stereocenters. The molecule has 3 rings (SSSR count). The van der Waals surface area contributed by atoms with Crippen molar-refractivity contribution in [3.05, 3.63) is 35.6 Å². The number of hydrogen-bond donors (Lipinski definition) is 0. The van der Waals surface area contributed by atoms with Crippen LogP contribution in [0.25, 0.3) is 11.0 Å². The maximum atomic E-state index is 12.5. The number of piperazine rings is 1. The minimum Gasteiger partial charge on any atom is -0.451 e. The lowest BCUT2D eigenvalue weighted by atomic mass is 10.1. The van der Waals surface area contributed by atoms with E-state index in [2.05, 4.69) is 11.9 Å². The molecule has 0 spiro atoms. The highest BCUT2D eigenvalue weighted by Gasteiger charge is 2.25. The molecule has 5 heteroatoms. The van der Waals surface area contributed by atoms with Gasteiger partial charge in [0.05, 0.1) is 0 Å². The summed E-state index contributed by atoms with van der Waals surface area (Å²) in [6.07, 6.45) is 0. The third-order valence-electron chi connectivity index (χ3n) is 3.83. The Labute approximate surface area is 124 Å². The number of hydrogen-bond acceptors (Lipinski definition) is 3. The van der Waals surface area contributed by atoms with Crippen molar-refractivity contribution in [3.63, 3.8) is 0 Å². The number of amides is 1. The number of likely N-dealkylation sites (N-methyl/N-ethyl adjacent to an activating group) is 1. The lowest BCUT2D eigenvalue weighted by molar-refractivity contribution is 0.0634. The van der Waals surface area contributed by atoms with Crippen LogP contribution in [-0.2, 0) is 0 Å². The summed E-state index contributed by atoms with van der Waals surface area (Å²) in [5, 5.41) is 1.03. The molecule has 1 aliphatic heterocycles. The number of carbonyl (C=O) groups excluding carboxylic acids is 1. The molecule has 0 radical (unpaired) electrons. The van der Waals surface area contributed by atoms with Crippen molar-refractivity contribution in [1.29, 1.82) is 0 Å². The fourth-order valence-electron chi connectivity index (χ4n) is 2.53. The molecule has 0 saturated carbocycles. The standard InChI is InChI=1S/C15H18N2O2.ClH/c1-11-12-5-3-4-6-13(12)19-14(11)15(18)17-9-7-16(2)8-10-17;/h3-6H,7-10H2,1-2H3;1H. The molecule has 2 heterocycles. The van der Waals surface area contributed by atoms with Crippen LogP contribution in [0, 0.1) is 6.92 Å². The van der Waals surface area contributed by atoms with E-state index in [1.807, 2.05) is 36.1 Å². The third-order valence-corrected chi connectivity index (χ3v) is 3.83. The predicted molar refractivity (Wildman–Crippen MR) is 81.6 cm³/mol. The summed E-state index contributed by atoms with van der Waals surface area (Å²) in [5.41, 5.74) is 1.73. The van der Waals surface area contributed by atoms with E-state index in [0.29, 0.717) is 5.76 Å². The number of aryl methyl sites for hydroxylation is 1. The van der Waals surface area contributed by atoms with Crippen LogP contribution in [0.2, 0.25) is 0 Å². The highest BCUT2D eigenvalue weighted by Crippen LogP contribution is 2.26. The maximum absolute atomic E-state index is 12.5. The van der Waals surface area contributed by atoms with Crippen molar-refractivity contribution in [2.24, 2.45) is 0 Å². The van der Waals surface area contributed by atoms with Crippen molar-refractivity contribution in [2.45, 2.75) is 6.92 Å². The van der Waals surface area contributed by atoms with Gasteiger partial charge < -0.3 is 14.2 Å². The second-order valence-corrected chi connectivity index (χ2v) is 5.15. The van der Waals surface area contributed by atoms with Crippen molar-refractivity contribution in [2.75, 3.05) is 33.2 Å². The van der Waals surface area contributed by atoms with Crippen molar-refractivity contribution < 1.29 is 9.21 Å². The Morgan fingerprint density at radius 1 is 1.15 bits per heavy atom. The number of benzene rings is 1. The minimum absolute atomic E-state index is 0. The van der Waals surface area contributed by atoms with E-state index in [-0.39, 0.29) is 18.3 Å². The SMILES string of the molecule is Cc1c(C(=O)N2CCN(C)CC2)oc2ccccc12.Cl. The molecule has 2 aromatic rings. The van der Waals surface area contributed by atoms with Gasteiger partial charge in [0.25, 0.3) is 5.91 Å². The van der Waals surface area contributed by atoms with Crippen LogP contribution in [0.15, 0.2) is 28.7 Å². The molecule has 1 aliphatic rings. The molecule has 1 saturated heterocycles. The number of para-hydroxylation sites is 1. The monoisotopic (exact) mass is 294 g/mol. The number of rotatable bonds is 1. The topological polar surface area (TPSA) is 36.7 Å². The molecule has 0 bridgehead atoms. The Balaban J connectivity index is 0.00000147. The van der Waals surface area contributed by atoms with Gasteiger partial charge in [-0.2, -0.15) is 0 Å². The van der Waals surface area contributed by atoms with E-state index in [1.165, 1.54) is 0 Å². The predicted octanol–water partition coefficient (Wildman–Crippen LogP) is 2.55. The molecule has 20 heavy (non-hydrogen) atoms. The van der Waals surface area contributed by atoms with Gasteiger partial charge in [-0.3, -0.25) is 4.79 Å². The fraction of sp³-hybridized carbons (Fsp3) is 0.400. The summed E-state index contributed by atoms with van der Waals surface area (Å²) < 4.78 is 5.74. The van der Waals surface area contributed by atoms with Crippen LogP contribution >= 0.6 is 12.4 Å². The first kappa shape index (κ1) is 14.9. The van der Waals surface area contributed by atoms with Gasteiger partial charge in [-0.05, 0) is 20.0 Å². The molecule has 0 N–H and O–H groups in total. The highest BCUT2D eigenvalue weighted by molar-refractivity contribution is 5.98. The maximum Gasteiger partial charge on any atom is 0.289 e. The first-order valence-electron chi connectivity index (χ1n) is 6.63. The smallest absolute Gasteiger partial charge is 0.289 e. The molecule has 1 aromatic heterocycles. The second kappa shape index (κ2) is 5.85. The zero-order chi connectivity index (χ0) is 13.4. The second-order valence-electron chi connectivity index (χ2n) is 5.15. The van der Waals surface area contributed by atoms with Gasteiger partial charge in [0, 0.05) is 37.1 Å². The van der Waals surface area contributed by atoms with Crippen molar-refractivity contribution in [3.8, 4) is 0 Å². The van der Waals surface area contributed by atoms with E-state index in [9.17, 15) is 4.79 Å². The number of nitrogens with zero attached hydrogens (tertiary/aromatic N) is 2. The molecule has 108 valence electrons. The van der Waals surface area contributed by atoms with E-state index < -0.39 is 0 Å². The Kier molecular flexibility index (Phi) is 4.35. The molecule has 1 aromatic carbocycles. The number of fused-ring (bicyclic) bond motifs is 1. The average Bonchev–Trinajstić information content (AvgIpc) is 2.77. The largest absolute Gasteiger partial charge is 0.451 e. The third kappa shape index (κ3) is 2.53. The minimum atomic E-state index is 0. The quantitative estimate of drug-likeness (QED) is 0.811. The Morgan fingerprint density at radius 2 is 1.80 bits per heavy atom. The molecule has 1 fully saturated rings. The summed E-state index contributed by atoms with van der Waals surface area (Å²) in [4.78, 5) is 16.6. The van der Waals surface area contributed by atoms with Crippen LogP contribution in [0.3, 0.4) is 0 Å². The molecular weight excluding hydrogens is 276 g/mol. The first-order valence-corrected chi connectivity index (χ1v) is 6.63. The average molecular weight is 295 g/mol. The number of carbonyl (C=O) groups is 1. The summed E-state index contributed by atoms with van der Waals surface area (Å²) in [6.45, 7) is 5.34. The zero-order valence-corrected chi connectivity index (χ0v) is 12.6. The van der Waals surface area contributed by atoms with E-state index in [0.717, 1.165) is 42.7 Å². The van der Waals surface area contributed by atoms with Gasteiger partial charge >= 0.3 is 0 Å². The molecule has 0 aliphatic carbocycles. The van der Waals surface area contributed by atoms with Gasteiger partial charge in [0.1, 0.15) is 5.58 Å². The first-order chi connectivity index (χ1) is 9.16. The van der Waals surface area contributed by atoms with E-state index in [1.54, 1.807) is 0 Å². The number of halogens is 1. The molecule has 4 nitrogen and oxygen atoms in total. The van der Waals surface area contributed by atoms with Crippen LogP contribution in [0.5, 0.6) is 0 Å². The van der Waals surface area contributed by atoms with E-state index in [4.69, 9.17) is 4.42 Å². The van der Waals surface area contributed by atoms with Crippen LogP contribution in [-0.4, -0.2) is 48.9 Å². The van der Waals surface area contributed by atoms with Gasteiger partial charge in [-0.25, -0.2) is 0 Å². The van der Waals surface area contributed by atoms with E-state index >= 15 is 0 Å². The van der Waals surface area contributed by atoms with Crippen LogP contribution < -0.4 is 0 Å². The normalized spacial score (nSPS) is 16.2. The van der Waals surface area contributed by atoms with Crippen LogP contribution in [0.1, 0.15) is 16.1 Å². The highest BCUT2D eigenvalue weighted by atomic mass is 35.5. The lowest BCUT2D eigenvalue weighted by Crippen LogP contribution is -2.47. The van der Waals surface area contributed by atoms with Gasteiger partial charge in [-0.1, -0.05) is 18.2 Å². The lowest BCUT2D eigenvalue weighted by Gasteiger charge is -2.31. The zero-order valence-electron chi connectivity index (χ0n) is 11.8. The Morgan fingerprint density at radius 3 is 2.45 bits per heavy atom. The van der Waals surface area contributed by atoms with Gasteiger partial charge in [0.2, 0.25) is 0 Å². The van der Waals surface area contributed by atoms with Crippen molar-refractivity contribution in [1.82, 2.24) is 9.80 Å². The van der Waals surface area contributed by atoms with Crippen molar-refractivity contribution >= 4 is 29.3 Å². The number of furan rings is 1. The molecule has 1 amide bonds. The summed E-state index contributed by atoms with van der Waals surface area (Å²) in [7, 11) is 2.08. The Hall–Kier alpha value is -1.52. The summed E-state index contributed by atoms with van der Waals surface area (Å²) >= 11 is 0. The summed E-state index contributed by atoms with van der Waals surface area (Å²) in [5.74, 6) is 0.507. The fourth-order valence-corrected chi connectivity index (χ4v) is 2.53. The van der Waals surface area contributed by atoms with Crippen LogP contribution in [0.4, 0.5) is 0 Å².